The minimum Gasteiger partial charge on any atom is -0.491 e. The summed E-state index contributed by atoms with van der Waals surface area (Å²) in [6, 6.07) is 16.0. The minimum atomic E-state index is -0.719. The lowest BCUT2D eigenvalue weighted by Crippen LogP contribution is -2.28. The molecule has 0 saturated heterocycles. The van der Waals surface area contributed by atoms with Crippen LogP contribution in [0, 0.1) is 0 Å². The van der Waals surface area contributed by atoms with Gasteiger partial charge in [0, 0.05) is 13.2 Å². The van der Waals surface area contributed by atoms with E-state index in [2.05, 4.69) is 45.0 Å². The molecule has 0 N–H and O–H groups in total. The number of esters is 1. The molecule has 3 rings (SSSR count). The second-order valence-corrected chi connectivity index (χ2v) is 9.67. The summed E-state index contributed by atoms with van der Waals surface area (Å²) in [5, 5.41) is 0. The topological polar surface area (TPSA) is 72.5 Å². The first kappa shape index (κ1) is 34.1. The molecule has 7 heteroatoms. The molecule has 2 aromatic rings. The fourth-order valence-electron chi connectivity index (χ4n) is 5.04. The molecule has 0 amide bonds. The maximum Gasteiger partial charge on any atom is 0.330 e. The van der Waals surface area contributed by atoms with Crippen LogP contribution in [0.4, 0.5) is 0 Å². The van der Waals surface area contributed by atoms with E-state index >= 15 is 0 Å². The van der Waals surface area contributed by atoms with Gasteiger partial charge in [-0.25, -0.2) is 4.79 Å². The second-order valence-electron chi connectivity index (χ2n) is 9.67. The maximum atomic E-state index is 11.1. The highest BCUT2D eigenvalue weighted by atomic mass is 16.6. The molecule has 0 unspecified atom stereocenters. The fraction of sp³-hybridized carbons (Fsp3) is 0.270. The number of hydrogen-bond acceptors (Lipinski definition) is 7. The molecule has 0 radical (unpaired) electrons. The largest absolute Gasteiger partial charge is 0.491 e. The molecule has 0 aliphatic heterocycles. The summed E-state index contributed by atoms with van der Waals surface area (Å²) in [7, 11) is 1.64. The smallest absolute Gasteiger partial charge is 0.330 e. The average molecular weight is 599 g/mol. The zero-order valence-electron chi connectivity index (χ0n) is 25.6. The third kappa shape index (κ3) is 8.35. The molecule has 232 valence electrons. The van der Waals surface area contributed by atoms with Gasteiger partial charge in [-0.1, -0.05) is 81.5 Å². The molecule has 1 fully saturated rings. The predicted octanol–water partition coefficient (Wildman–Crippen LogP) is 6.49. The third-order valence-corrected chi connectivity index (χ3v) is 7.03. The highest BCUT2D eigenvalue weighted by Crippen LogP contribution is 2.57. The van der Waals surface area contributed by atoms with E-state index in [1.807, 2.05) is 48.6 Å². The first-order chi connectivity index (χ1) is 21.4. The van der Waals surface area contributed by atoms with Crippen LogP contribution in [0.3, 0.4) is 0 Å². The molecule has 0 atom stereocenters. The quantitative estimate of drug-likeness (QED) is 0.104. The van der Waals surface area contributed by atoms with Crippen molar-refractivity contribution in [2.45, 2.75) is 5.41 Å². The fourth-order valence-corrected chi connectivity index (χ4v) is 5.04. The lowest BCUT2D eigenvalue weighted by molar-refractivity contribution is -0.139. The van der Waals surface area contributed by atoms with E-state index in [0.717, 1.165) is 45.2 Å². The summed E-state index contributed by atoms with van der Waals surface area (Å²) < 4.78 is 32.7. The lowest BCUT2D eigenvalue weighted by atomic mass is 9.67. The number of carbonyl (C=O) groups is 1. The van der Waals surface area contributed by atoms with Crippen molar-refractivity contribution >= 4 is 5.97 Å². The van der Waals surface area contributed by atoms with Crippen LogP contribution in [0.2, 0.25) is 0 Å². The molecule has 0 spiro atoms. The lowest BCUT2D eigenvalue weighted by Gasteiger charge is -2.34. The van der Waals surface area contributed by atoms with Crippen LogP contribution in [0.1, 0.15) is 11.1 Å². The Kier molecular flexibility index (Phi) is 13.6. The molecule has 0 bridgehead atoms. The van der Waals surface area contributed by atoms with E-state index in [4.69, 9.17) is 28.4 Å². The maximum absolute atomic E-state index is 11.1. The zero-order chi connectivity index (χ0) is 31.8. The molecule has 7 nitrogen and oxygen atoms in total. The van der Waals surface area contributed by atoms with Crippen LogP contribution < -0.4 is 9.47 Å². The predicted molar refractivity (Wildman–Crippen MR) is 174 cm³/mol. The van der Waals surface area contributed by atoms with Gasteiger partial charge in [0.15, 0.2) is 0 Å². The first-order valence-electron chi connectivity index (χ1n) is 14.4. The summed E-state index contributed by atoms with van der Waals surface area (Å²) in [6.07, 6.45) is 8.65. The van der Waals surface area contributed by atoms with E-state index in [0.29, 0.717) is 45.4 Å². The summed E-state index contributed by atoms with van der Waals surface area (Å²) in [5.74, 6) is 0.961. The van der Waals surface area contributed by atoms with Crippen molar-refractivity contribution in [3.63, 3.8) is 0 Å². The van der Waals surface area contributed by atoms with Gasteiger partial charge in [0.05, 0.1) is 38.4 Å². The molecule has 1 saturated carbocycles. The monoisotopic (exact) mass is 598 g/mol. The first-order valence-corrected chi connectivity index (χ1v) is 14.4. The Hall–Kier alpha value is -4.43. The van der Waals surface area contributed by atoms with Crippen LogP contribution in [0.25, 0.3) is 0 Å². The van der Waals surface area contributed by atoms with Crippen LogP contribution in [-0.2, 0) is 29.2 Å². The van der Waals surface area contributed by atoms with Crippen molar-refractivity contribution in [1.29, 1.82) is 0 Å². The van der Waals surface area contributed by atoms with Crippen molar-refractivity contribution in [3.05, 3.63) is 145 Å². The van der Waals surface area contributed by atoms with Crippen LogP contribution in [-0.4, -0.2) is 65.9 Å². The van der Waals surface area contributed by atoms with E-state index in [1.165, 1.54) is 0 Å². The normalized spacial score (nSPS) is 15.8. The molecule has 1 aliphatic rings. The molecular formula is C37H42O7. The molecular weight excluding hydrogens is 556 g/mol. The second kappa shape index (κ2) is 17.6. The van der Waals surface area contributed by atoms with Crippen molar-refractivity contribution < 1.29 is 33.2 Å². The Bertz CT molecular complexity index is 1330. The van der Waals surface area contributed by atoms with Gasteiger partial charge in [0.25, 0.3) is 0 Å². The van der Waals surface area contributed by atoms with Gasteiger partial charge in [-0.2, -0.15) is 0 Å². The van der Waals surface area contributed by atoms with Crippen molar-refractivity contribution in [2.75, 3.05) is 60.0 Å². The Labute approximate surface area is 261 Å². The number of allylic oxidation sites excluding steroid dienone is 8. The van der Waals surface area contributed by atoms with Gasteiger partial charge in [-0.3, -0.25) is 0 Å². The standard InChI is InChI=1S/C37H42O7/c1-7-10-34-28(4)29(5)35(11-8-2)37(34,30-12-16-32(17-13-30)42-25-22-40-21-20-39-6)31-14-18-33(19-15-31)43-26-23-41-24-27-44-36(38)9-3/h7-19H,1-5,20-27H2,6H3/b34-10+,35-11+. The van der Waals surface area contributed by atoms with Gasteiger partial charge in [0.1, 0.15) is 31.3 Å². The third-order valence-electron chi connectivity index (χ3n) is 7.03. The zero-order valence-corrected chi connectivity index (χ0v) is 25.6. The number of benzene rings is 2. The van der Waals surface area contributed by atoms with E-state index in [-0.39, 0.29) is 13.2 Å². The van der Waals surface area contributed by atoms with Crippen LogP contribution in [0.15, 0.2) is 134 Å². The summed E-state index contributed by atoms with van der Waals surface area (Å²) >= 11 is 0. The van der Waals surface area contributed by atoms with Crippen molar-refractivity contribution in [2.24, 2.45) is 0 Å². The summed E-state index contributed by atoms with van der Waals surface area (Å²) in [6.45, 7) is 23.2. The number of methoxy groups -OCH3 is 1. The number of rotatable bonds is 19. The number of carbonyl (C=O) groups excluding carboxylic acids is 1. The van der Waals surface area contributed by atoms with Crippen LogP contribution in [0.5, 0.6) is 11.5 Å². The van der Waals surface area contributed by atoms with E-state index in [9.17, 15) is 4.79 Å². The minimum absolute atomic E-state index is 0.162. The van der Waals surface area contributed by atoms with Gasteiger partial charge >= 0.3 is 5.97 Å². The van der Waals surface area contributed by atoms with E-state index < -0.39 is 11.4 Å². The molecule has 1 aliphatic carbocycles. The average Bonchev–Trinajstić information content (AvgIpc) is 3.25. The van der Waals surface area contributed by atoms with Gasteiger partial charge in [-0.05, 0) is 57.7 Å². The number of hydrogen-bond donors (Lipinski definition) is 0. The molecule has 2 aromatic carbocycles. The van der Waals surface area contributed by atoms with Gasteiger partial charge in [-0.15, -0.1) is 0 Å². The molecule has 0 heterocycles. The number of ether oxygens (including phenoxy) is 6. The summed E-state index contributed by atoms with van der Waals surface area (Å²) in [4.78, 5) is 11.1. The Morgan fingerprint density at radius 2 is 1.09 bits per heavy atom. The van der Waals surface area contributed by atoms with Crippen LogP contribution >= 0.6 is 0 Å². The van der Waals surface area contributed by atoms with Gasteiger partial charge in [0.2, 0.25) is 0 Å². The Morgan fingerprint density at radius 3 is 1.50 bits per heavy atom. The molecule has 0 aromatic heterocycles. The summed E-state index contributed by atoms with van der Waals surface area (Å²) in [5.41, 5.74) is 4.93. The van der Waals surface area contributed by atoms with Crippen molar-refractivity contribution in [3.8, 4) is 11.5 Å². The highest BCUT2D eigenvalue weighted by Gasteiger charge is 2.49. The van der Waals surface area contributed by atoms with Crippen molar-refractivity contribution in [1.82, 2.24) is 0 Å². The van der Waals surface area contributed by atoms with Gasteiger partial charge < -0.3 is 28.4 Å². The SMILES string of the molecule is C=C/C=C1\C(=C)C(=C)/C(=C\C=C)C1(c1ccc(OCCOCCOC)cc1)c1ccc(OCCOCCOC(=O)C=C)cc1. The molecule has 44 heavy (non-hydrogen) atoms. The Balaban J connectivity index is 1.85. The highest BCUT2D eigenvalue weighted by molar-refractivity contribution is 5.81. The Morgan fingerprint density at radius 1 is 0.659 bits per heavy atom. The van der Waals surface area contributed by atoms with E-state index in [1.54, 1.807) is 19.3 Å².